The number of hydrogen-bond acceptors (Lipinski definition) is 3. The third kappa shape index (κ3) is 5.60. The highest BCUT2D eigenvalue weighted by molar-refractivity contribution is 6.31. The lowest BCUT2D eigenvalue weighted by atomic mass is 9.76. The molecule has 0 saturated carbocycles. The Kier molecular flexibility index (Phi) is 8.21. The summed E-state index contributed by atoms with van der Waals surface area (Å²) in [6, 6.07) is 16.7. The summed E-state index contributed by atoms with van der Waals surface area (Å²) in [6.45, 7) is 9.51. The van der Waals surface area contributed by atoms with Crippen molar-refractivity contribution in [3.8, 4) is 5.75 Å². The molecule has 5 atom stereocenters. The minimum Gasteiger partial charge on any atom is -0.484 e. The van der Waals surface area contributed by atoms with Crippen molar-refractivity contribution in [2.24, 2.45) is 11.8 Å². The van der Waals surface area contributed by atoms with Crippen LogP contribution in [0.25, 0.3) is 0 Å². The van der Waals surface area contributed by atoms with Crippen LogP contribution in [0.15, 0.2) is 48.5 Å². The first-order chi connectivity index (χ1) is 16.3. The molecular weight excluding hydrogens is 446 g/mol. The monoisotopic (exact) mass is 483 g/mol. The highest BCUT2D eigenvalue weighted by atomic mass is 35.5. The lowest BCUT2D eigenvalue weighted by Crippen LogP contribution is -2.49. The Morgan fingerprint density at radius 1 is 1.12 bits per heavy atom. The van der Waals surface area contributed by atoms with Crippen molar-refractivity contribution in [3.63, 3.8) is 0 Å². The van der Waals surface area contributed by atoms with Gasteiger partial charge in [0, 0.05) is 23.0 Å². The van der Waals surface area contributed by atoms with E-state index in [1.54, 1.807) is 0 Å². The van der Waals surface area contributed by atoms with E-state index < -0.39 is 0 Å². The highest BCUT2D eigenvalue weighted by Crippen LogP contribution is 2.45. The van der Waals surface area contributed by atoms with Crippen LogP contribution < -0.4 is 4.74 Å². The normalized spacial score (nSPS) is 27.6. The Balaban J connectivity index is 1.44. The van der Waals surface area contributed by atoms with Gasteiger partial charge in [-0.3, -0.25) is 4.79 Å². The molecule has 1 amide bonds. The van der Waals surface area contributed by atoms with Crippen LogP contribution >= 0.6 is 11.6 Å². The van der Waals surface area contributed by atoms with Crippen LogP contribution in [0.2, 0.25) is 5.02 Å². The van der Waals surface area contributed by atoms with E-state index in [1.165, 1.54) is 12.0 Å². The first kappa shape index (κ1) is 25.1. The zero-order chi connectivity index (χ0) is 24.2. The third-order valence-corrected chi connectivity index (χ3v) is 8.00. The van der Waals surface area contributed by atoms with Crippen molar-refractivity contribution in [3.05, 3.63) is 64.7 Å². The molecule has 2 saturated heterocycles. The van der Waals surface area contributed by atoms with Crippen LogP contribution in [0.3, 0.4) is 0 Å². The van der Waals surface area contributed by atoms with Crippen molar-refractivity contribution < 1.29 is 14.3 Å². The van der Waals surface area contributed by atoms with E-state index in [0.29, 0.717) is 24.4 Å². The molecule has 2 aliphatic rings. The second kappa shape index (κ2) is 11.1. The largest absolute Gasteiger partial charge is 0.484 e. The Morgan fingerprint density at radius 3 is 2.56 bits per heavy atom. The SMILES string of the molecule is CC(C)[C@@H]1C[C@H](c2ccccc2Cl)CO[C@H]1c1cccc(OCC(=O)N2[C@@H](C)CCC[C@@H]2C)c1. The molecule has 4 nitrogen and oxygen atoms in total. The minimum atomic E-state index is 0.000119. The Bertz CT molecular complexity index is 967. The number of likely N-dealkylation sites (tertiary alicyclic amines) is 1. The number of carbonyl (C=O) groups is 1. The van der Waals surface area contributed by atoms with Gasteiger partial charge in [-0.2, -0.15) is 0 Å². The number of piperidine rings is 1. The first-order valence-corrected chi connectivity index (χ1v) is 13.1. The molecule has 2 heterocycles. The molecule has 184 valence electrons. The number of ether oxygens (including phenoxy) is 2. The second-order valence-electron chi connectivity index (χ2n) is 10.4. The molecular formula is C29H38ClNO3. The van der Waals surface area contributed by atoms with Gasteiger partial charge in [-0.15, -0.1) is 0 Å². The summed E-state index contributed by atoms with van der Waals surface area (Å²) in [5.74, 6) is 1.91. The average molecular weight is 484 g/mol. The predicted octanol–water partition coefficient (Wildman–Crippen LogP) is 7.03. The van der Waals surface area contributed by atoms with Gasteiger partial charge in [0.1, 0.15) is 5.75 Å². The van der Waals surface area contributed by atoms with Gasteiger partial charge in [0.05, 0.1) is 12.7 Å². The summed E-state index contributed by atoms with van der Waals surface area (Å²) in [5.41, 5.74) is 2.28. The number of nitrogens with zero attached hydrogens (tertiary/aromatic N) is 1. The number of halogens is 1. The number of carbonyl (C=O) groups excluding carboxylic acids is 1. The van der Waals surface area contributed by atoms with E-state index in [-0.39, 0.29) is 30.7 Å². The van der Waals surface area contributed by atoms with Gasteiger partial charge in [-0.25, -0.2) is 0 Å². The molecule has 0 bridgehead atoms. The van der Waals surface area contributed by atoms with Gasteiger partial charge >= 0.3 is 0 Å². The van der Waals surface area contributed by atoms with E-state index in [0.717, 1.165) is 35.6 Å². The molecule has 0 unspecified atom stereocenters. The van der Waals surface area contributed by atoms with Gasteiger partial charge in [-0.1, -0.05) is 55.8 Å². The molecule has 0 N–H and O–H groups in total. The average Bonchev–Trinajstić information content (AvgIpc) is 2.83. The van der Waals surface area contributed by atoms with Gasteiger partial charge in [0.25, 0.3) is 5.91 Å². The maximum Gasteiger partial charge on any atom is 0.260 e. The molecule has 2 aliphatic heterocycles. The standard InChI is InChI=1S/C29H38ClNO3/c1-19(2)26-16-23(25-13-5-6-14-27(25)30)17-34-29(26)22-11-8-12-24(15-22)33-18-28(32)31-20(3)9-7-10-21(31)4/h5-6,8,11-15,19-21,23,26,29H,7,9-10,16-18H2,1-4H3/t20-,21-,23-,26-,29-/m0/s1. The summed E-state index contributed by atoms with van der Waals surface area (Å²) in [7, 11) is 0. The quantitative estimate of drug-likeness (QED) is 0.442. The second-order valence-corrected chi connectivity index (χ2v) is 10.8. The van der Waals surface area contributed by atoms with Crippen LogP contribution in [-0.2, 0) is 9.53 Å². The summed E-state index contributed by atoms with van der Waals surface area (Å²) in [5, 5.41) is 0.814. The zero-order valence-corrected chi connectivity index (χ0v) is 21.6. The van der Waals surface area contributed by atoms with Gasteiger partial charge in [0.15, 0.2) is 6.61 Å². The van der Waals surface area contributed by atoms with E-state index in [1.807, 2.05) is 41.3 Å². The van der Waals surface area contributed by atoms with Crippen molar-refractivity contribution in [2.75, 3.05) is 13.2 Å². The van der Waals surface area contributed by atoms with E-state index in [4.69, 9.17) is 21.1 Å². The van der Waals surface area contributed by atoms with Crippen molar-refractivity contribution in [1.82, 2.24) is 4.90 Å². The smallest absolute Gasteiger partial charge is 0.260 e. The molecule has 0 radical (unpaired) electrons. The van der Waals surface area contributed by atoms with Crippen LogP contribution in [-0.4, -0.2) is 36.1 Å². The first-order valence-electron chi connectivity index (χ1n) is 12.7. The maximum absolute atomic E-state index is 12.9. The van der Waals surface area contributed by atoms with Crippen LogP contribution in [0.5, 0.6) is 5.75 Å². The van der Waals surface area contributed by atoms with Crippen LogP contribution in [0.1, 0.15) is 76.5 Å². The number of hydrogen-bond donors (Lipinski definition) is 0. The van der Waals surface area contributed by atoms with Crippen molar-refractivity contribution >= 4 is 17.5 Å². The summed E-state index contributed by atoms with van der Waals surface area (Å²) in [4.78, 5) is 14.9. The highest BCUT2D eigenvalue weighted by Gasteiger charge is 2.36. The molecule has 5 heteroatoms. The van der Waals surface area contributed by atoms with Gasteiger partial charge in [0.2, 0.25) is 0 Å². The summed E-state index contributed by atoms with van der Waals surface area (Å²) < 4.78 is 12.5. The molecule has 4 rings (SSSR count). The van der Waals surface area contributed by atoms with Gasteiger partial charge in [-0.05, 0) is 80.7 Å². The van der Waals surface area contributed by atoms with Crippen molar-refractivity contribution in [2.45, 2.75) is 77.5 Å². The Morgan fingerprint density at radius 2 is 1.85 bits per heavy atom. The fourth-order valence-corrected chi connectivity index (χ4v) is 6.06. The molecule has 0 aliphatic carbocycles. The fraction of sp³-hybridized carbons (Fsp3) is 0.552. The van der Waals surface area contributed by atoms with Crippen molar-refractivity contribution in [1.29, 1.82) is 0 Å². The summed E-state index contributed by atoms with van der Waals surface area (Å²) in [6.07, 6.45) is 4.35. The van der Waals surface area contributed by atoms with Crippen LogP contribution in [0.4, 0.5) is 0 Å². The molecule has 2 aromatic rings. The molecule has 2 fully saturated rings. The number of benzene rings is 2. The summed E-state index contributed by atoms with van der Waals surface area (Å²) >= 11 is 6.49. The molecule has 34 heavy (non-hydrogen) atoms. The lowest BCUT2D eigenvalue weighted by molar-refractivity contribution is -0.139. The third-order valence-electron chi connectivity index (χ3n) is 7.65. The Labute approximate surface area is 209 Å². The number of rotatable bonds is 6. The maximum atomic E-state index is 12.9. The molecule has 0 spiro atoms. The van der Waals surface area contributed by atoms with E-state index in [9.17, 15) is 4.79 Å². The Hall–Kier alpha value is -2.04. The number of amides is 1. The topological polar surface area (TPSA) is 38.8 Å². The van der Waals surface area contributed by atoms with E-state index >= 15 is 0 Å². The molecule has 2 aromatic carbocycles. The molecule has 0 aromatic heterocycles. The van der Waals surface area contributed by atoms with E-state index in [2.05, 4.69) is 39.8 Å². The fourth-order valence-electron chi connectivity index (χ4n) is 5.77. The lowest BCUT2D eigenvalue weighted by Gasteiger charge is -2.39. The minimum absolute atomic E-state index is 0.000119. The zero-order valence-electron chi connectivity index (χ0n) is 20.9. The van der Waals surface area contributed by atoms with Crippen LogP contribution in [0, 0.1) is 11.8 Å². The predicted molar refractivity (Wildman–Crippen MR) is 137 cm³/mol. The van der Waals surface area contributed by atoms with Gasteiger partial charge < -0.3 is 14.4 Å².